The van der Waals surface area contributed by atoms with Crippen LogP contribution < -0.4 is 15.0 Å². The van der Waals surface area contributed by atoms with Crippen molar-refractivity contribution in [2.24, 2.45) is 0 Å². The van der Waals surface area contributed by atoms with Crippen LogP contribution in [0.3, 0.4) is 0 Å². The molecule has 2 heterocycles. The SMILES string of the molecule is CCNCC1CCCN1c1nccc(OCC)n1. The highest BCUT2D eigenvalue weighted by molar-refractivity contribution is 5.35. The van der Waals surface area contributed by atoms with E-state index < -0.39 is 0 Å². The summed E-state index contributed by atoms with van der Waals surface area (Å²) in [5, 5.41) is 3.40. The van der Waals surface area contributed by atoms with Crippen LogP contribution >= 0.6 is 0 Å². The third kappa shape index (κ3) is 3.10. The summed E-state index contributed by atoms with van der Waals surface area (Å²) >= 11 is 0. The number of hydrogen-bond acceptors (Lipinski definition) is 5. The maximum atomic E-state index is 5.43. The minimum atomic E-state index is 0.502. The minimum absolute atomic E-state index is 0.502. The Balaban J connectivity index is 2.06. The van der Waals surface area contributed by atoms with Crippen LogP contribution in [0.5, 0.6) is 5.88 Å². The Hall–Kier alpha value is -1.36. The van der Waals surface area contributed by atoms with E-state index in [2.05, 4.69) is 27.1 Å². The first-order chi connectivity index (χ1) is 8.85. The molecule has 0 saturated carbocycles. The fraction of sp³-hybridized carbons (Fsp3) is 0.692. The van der Waals surface area contributed by atoms with Gasteiger partial charge < -0.3 is 15.0 Å². The Labute approximate surface area is 109 Å². The average Bonchev–Trinajstić information content (AvgIpc) is 2.85. The van der Waals surface area contributed by atoms with Gasteiger partial charge in [-0.1, -0.05) is 6.92 Å². The van der Waals surface area contributed by atoms with Crippen molar-refractivity contribution in [3.05, 3.63) is 12.3 Å². The summed E-state index contributed by atoms with van der Waals surface area (Å²) < 4.78 is 5.43. The smallest absolute Gasteiger partial charge is 0.228 e. The summed E-state index contributed by atoms with van der Waals surface area (Å²) in [6, 6.07) is 2.31. The van der Waals surface area contributed by atoms with E-state index in [-0.39, 0.29) is 0 Å². The molecule has 5 nitrogen and oxygen atoms in total. The molecule has 1 aromatic rings. The molecule has 2 rings (SSSR count). The molecule has 1 aromatic heterocycles. The Morgan fingerprint density at radius 1 is 1.50 bits per heavy atom. The van der Waals surface area contributed by atoms with E-state index in [9.17, 15) is 0 Å². The highest BCUT2D eigenvalue weighted by atomic mass is 16.5. The van der Waals surface area contributed by atoms with E-state index in [0.717, 1.165) is 25.6 Å². The summed E-state index contributed by atoms with van der Waals surface area (Å²) in [6.45, 7) is 7.77. The number of ether oxygens (including phenoxy) is 1. The maximum Gasteiger partial charge on any atom is 0.228 e. The van der Waals surface area contributed by atoms with Gasteiger partial charge in [0, 0.05) is 31.4 Å². The second-order valence-corrected chi connectivity index (χ2v) is 4.43. The molecule has 5 heteroatoms. The van der Waals surface area contributed by atoms with Gasteiger partial charge in [-0.3, -0.25) is 0 Å². The maximum absolute atomic E-state index is 5.43. The predicted octanol–water partition coefficient (Wildman–Crippen LogP) is 1.45. The summed E-state index contributed by atoms with van der Waals surface area (Å²) in [5.41, 5.74) is 0. The summed E-state index contributed by atoms with van der Waals surface area (Å²) in [6.07, 6.45) is 4.18. The van der Waals surface area contributed by atoms with Crippen molar-refractivity contribution in [2.45, 2.75) is 32.7 Å². The van der Waals surface area contributed by atoms with Crippen molar-refractivity contribution in [1.29, 1.82) is 0 Å². The summed E-state index contributed by atoms with van der Waals surface area (Å²) in [4.78, 5) is 11.1. The molecule has 0 aromatic carbocycles. The van der Waals surface area contributed by atoms with Gasteiger partial charge in [0.25, 0.3) is 0 Å². The summed E-state index contributed by atoms with van der Waals surface area (Å²) in [5.74, 6) is 1.46. The Morgan fingerprint density at radius 2 is 2.39 bits per heavy atom. The molecule has 1 fully saturated rings. The highest BCUT2D eigenvalue weighted by Crippen LogP contribution is 2.23. The van der Waals surface area contributed by atoms with E-state index in [4.69, 9.17) is 4.74 Å². The van der Waals surface area contributed by atoms with Gasteiger partial charge in [0.2, 0.25) is 11.8 Å². The van der Waals surface area contributed by atoms with Crippen molar-refractivity contribution in [1.82, 2.24) is 15.3 Å². The lowest BCUT2D eigenvalue weighted by molar-refractivity contribution is 0.326. The molecule has 1 saturated heterocycles. The number of nitrogens with zero attached hydrogens (tertiary/aromatic N) is 3. The lowest BCUT2D eigenvalue weighted by Gasteiger charge is -2.24. The molecule has 0 bridgehead atoms. The zero-order valence-corrected chi connectivity index (χ0v) is 11.2. The Bertz CT molecular complexity index is 372. The van der Waals surface area contributed by atoms with Crippen LogP contribution in [0.4, 0.5) is 5.95 Å². The molecule has 1 atom stereocenters. The van der Waals surface area contributed by atoms with E-state index in [1.165, 1.54) is 12.8 Å². The standard InChI is InChI=1S/C13H22N4O/c1-3-14-10-11-6-5-9-17(11)13-15-8-7-12(16-13)18-4-2/h7-8,11,14H,3-6,9-10H2,1-2H3. The molecule has 18 heavy (non-hydrogen) atoms. The van der Waals surface area contributed by atoms with Crippen LogP contribution in [0.1, 0.15) is 26.7 Å². The van der Waals surface area contributed by atoms with Crippen molar-refractivity contribution in [3.63, 3.8) is 0 Å². The molecule has 1 unspecified atom stereocenters. The first kappa shape index (κ1) is 13.1. The molecule has 0 amide bonds. The number of hydrogen-bond donors (Lipinski definition) is 1. The fourth-order valence-electron chi connectivity index (χ4n) is 2.32. The van der Waals surface area contributed by atoms with Crippen LogP contribution in [0, 0.1) is 0 Å². The third-order valence-corrected chi connectivity index (χ3v) is 3.17. The van der Waals surface area contributed by atoms with E-state index in [1.807, 2.05) is 13.0 Å². The molecular weight excluding hydrogens is 228 g/mol. The minimum Gasteiger partial charge on any atom is -0.478 e. The van der Waals surface area contributed by atoms with Gasteiger partial charge in [-0.15, -0.1) is 0 Å². The first-order valence-corrected chi connectivity index (χ1v) is 6.78. The van der Waals surface area contributed by atoms with Gasteiger partial charge in [-0.2, -0.15) is 4.98 Å². The monoisotopic (exact) mass is 250 g/mol. The molecule has 1 aliphatic heterocycles. The largest absolute Gasteiger partial charge is 0.478 e. The number of likely N-dealkylation sites (N-methyl/N-ethyl adjacent to an activating group) is 1. The van der Waals surface area contributed by atoms with Crippen LogP contribution in [-0.2, 0) is 0 Å². The lowest BCUT2D eigenvalue weighted by Crippen LogP contribution is -2.38. The van der Waals surface area contributed by atoms with Gasteiger partial charge in [-0.25, -0.2) is 4.98 Å². The second kappa shape index (κ2) is 6.54. The van der Waals surface area contributed by atoms with E-state index in [0.29, 0.717) is 18.5 Å². The number of aromatic nitrogens is 2. The van der Waals surface area contributed by atoms with Gasteiger partial charge >= 0.3 is 0 Å². The van der Waals surface area contributed by atoms with Gasteiger partial charge in [-0.05, 0) is 26.3 Å². The van der Waals surface area contributed by atoms with Crippen molar-refractivity contribution in [2.75, 3.05) is 31.1 Å². The third-order valence-electron chi connectivity index (χ3n) is 3.17. The molecule has 0 aliphatic carbocycles. The molecule has 0 radical (unpaired) electrons. The number of rotatable bonds is 6. The highest BCUT2D eigenvalue weighted by Gasteiger charge is 2.26. The number of nitrogens with one attached hydrogen (secondary N) is 1. The van der Waals surface area contributed by atoms with Crippen LogP contribution in [0.15, 0.2) is 12.3 Å². The van der Waals surface area contributed by atoms with Crippen LogP contribution in [0.2, 0.25) is 0 Å². The normalized spacial score (nSPS) is 19.2. The average molecular weight is 250 g/mol. The van der Waals surface area contributed by atoms with Crippen molar-refractivity contribution < 1.29 is 4.74 Å². The van der Waals surface area contributed by atoms with Crippen molar-refractivity contribution >= 4 is 5.95 Å². The van der Waals surface area contributed by atoms with E-state index >= 15 is 0 Å². The molecule has 1 N–H and O–H groups in total. The predicted molar refractivity (Wildman–Crippen MR) is 72.1 cm³/mol. The quantitative estimate of drug-likeness (QED) is 0.828. The zero-order valence-electron chi connectivity index (χ0n) is 11.2. The molecular formula is C13H22N4O. The second-order valence-electron chi connectivity index (χ2n) is 4.43. The van der Waals surface area contributed by atoms with Crippen LogP contribution in [-0.4, -0.2) is 42.3 Å². The van der Waals surface area contributed by atoms with Gasteiger partial charge in [0.15, 0.2) is 0 Å². The zero-order chi connectivity index (χ0) is 12.8. The number of anilines is 1. The first-order valence-electron chi connectivity index (χ1n) is 6.78. The molecule has 0 spiro atoms. The molecule has 1 aliphatic rings. The van der Waals surface area contributed by atoms with Crippen molar-refractivity contribution in [3.8, 4) is 5.88 Å². The Kier molecular flexibility index (Phi) is 4.75. The Morgan fingerprint density at radius 3 is 3.17 bits per heavy atom. The van der Waals surface area contributed by atoms with Gasteiger partial charge in [0.1, 0.15) is 0 Å². The van der Waals surface area contributed by atoms with Gasteiger partial charge in [0.05, 0.1) is 6.61 Å². The van der Waals surface area contributed by atoms with E-state index in [1.54, 1.807) is 6.20 Å². The summed E-state index contributed by atoms with van der Waals surface area (Å²) in [7, 11) is 0. The fourth-order valence-corrected chi connectivity index (χ4v) is 2.32. The lowest BCUT2D eigenvalue weighted by atomic mass is 10.2. The molecule has 100 valence electrons. The topological polar surface area (TPSA) is 50.3 Å². The van der Waals surface area contributed by atoms with Crippen LogP contribution in [0.25, 0.3) is 0 Å².